The lowest BCUT2D eigenvalue weighted by atomic mass is 10.2. The fourth-order valence-electron chi connectivity index (χ4n) is 2.85. The summed E-state index contributed by atoms with van der Waals surface area (Å²) in [5.41, 5.74) is 2.71. The van der Waals surface area contributed by atoms with Crippen molar-refractivity contribution in [1.82, 2.24) is 14.8 Å². The topological polar surface area (TPSA) is 83.6 Å². The molecule has 0 radical (unpaired) electrons. The van der Waals surface area contributed by atoms with Crippen LogP contribution in [-0.4, -0.2) is 25.9 Å². The van der Waals surface area contributed by atoms with E-state index >= 15 is 0 Å². The number of hydrogen-bond donors (Lipinski definition) is 1. The number of anilines is 1. The molecule has 31 heavy (non-hydrogen) atoms. The molecule has 0 saturated heterocycles. The van der Waals surface area contributed by atoms with Crippen molar-refractivity contribution in [3.05, 3.63) is 51.7 Å². The molecule has 0 aliphatic heterocycles. The number of hydrogen-bond acceptors (Lipinski definition) is 7. The molecule has 1 amide bonds. The molecule has 0 spiro atoms. The highest BCUT2D eigenvalue weighted by Crippen LogP contribution is 2.33. The van der Waals surface area contributed by atoms with Crippen LogP contribution in [0.2, 0.25) is 0 Å². The van der Waals surface area contributed by atoms with E-state index < -0.39 is 0 Å². The van der Waals surface area contributed by atoms with E-state index in [0.29, 0.717) is 27.9 Å². The number of thiophene rings is 1. The number of benzene rings is 1. The summed E-state index contributed by atoms with van der Waals surface area (Å²) in [6.45, 7) is 7.90. The Morgan fingerprint density at radius 3 is 2.61 bits per heavy atom. The normalized spacial score (nSPS) is 11.9. The summed E-state index contributed by atoms with van der Waals surface area (Å²) in [5.74, 6) is 1.44. The highest BCUT2D eigenvalue weighted by Gasteiger charge is 2.24. The van der Waals surface area contributed by atoms with Gasteiger partial charge in [-0.15, -0.1) is 33.3 Å². The third-order valence-electron chi connectivity index (χ3n) is 4.96. The lowest BCUT2D eigenvalue weighted by Crippen LogP contribution is -2.25. The van der Waals surface area contributed by atoms with Crippen LogP contribution >= 0.6 is 34.9 Å². The summed E-state index contributed by atoms with van der Waals surface area (Å²) in [4.78, 5) is 15.1. The molecule has 0 aliphatic carbocycles. The average Bonchev–Trinajstić information content (AvgIpc) is 3.23. The van der Waals surface area contributed by atoms with Gasteiger partial charge in [-0.25, -0.2) is 0 Å². The largest absolute Gasteiger partial charge is 0.316 e. The van der Waals surface area contributed by atoms with Crippen molar-refractivity contribution in [3.8, 4) is 6.07 Å². The number of carbonyl (C=O) groups is 1. The maximum Gasteiger partial charge on any atom is 0.238 e. The average molecular weight is 472 g/mol. The van der Waals surface area contributed by atoms with Crippen molar-refractivity contribution in [2.45, 2.75) is 55.2 Å². The van der Waals surface area contributed by atoms with Crippen LogP contribution in [0.25, 0.3) is 0 Å². The zero-order valence-corrected chi connectivity index (χ0v) is 20.7. The second kappa shape index (κ2) is 10.4. The maximum atomic E-state index is 12.9. The number of aryl methyl sites for hydroxylation is 2. The van der Waals surface area contributed by atoms with Gasteiger partial charge in [-0.05, 0) is 44.9 Å². The summed E-state index contributed by atoms with van der Waals surface area (Å²) >= 11 is 4.55. The monoisotopic (exact) mass is 471 g/mol. The van der Waals surface area contributed by atoms with Gasteiger partial charge in [-0.3, -0.25) is 4.79 Å². The molecule has 9 heteroatoms. The zero-order valence-electron chi connectivity index (χ0n) is 18.2. The first-order valence-corrected chi connectivity index (χ1v) is 12.6. The second-order valence-corrected chi connectivity index (χ2v) is 10.6. The predicted molar refractivity (Wildman–Crippen MR) is 129 cm³/mol. The molecule has 0 bridgehead atoms. The molecule has 3 aromatic rings. The Balaban J connectivity index is 1.66. The van der Waals surface area contributed by atoms with Crippen LogP contribution in [0.4, 0.5) is 5.00 Å². The van der Waals surface area contributed by atoms with Crippen molar-refractivity contribution in [1.29, 1.82) is 5.26 Å². The zero-order chi connectivity index (χ0) is 22.5. The number of aromatic nitrogens is 3. The minimum Gasteiger partial charge on any atom is -0.316 e. The number of amides is 1. The fraction of sp³-hybridized carbons (Fsp3) is 0.364. The van der Waals surface area contributed by atoms with Gasteiger partial charge in [0.15, 0.2) is 5.16 Å². The first-order chi connectivity index (χ1) is 14.8. The molecule has 3 rings (SSSR count). The smallest absolute Gasteiger partial charge is 0.238 e. The molecule has 0 saturated carbocycles. The summed E-state index contributed by atoms with van der Waals surface area (Å²) in [6.07, 6.45) is 0.641. The Labute approximate surface area is 195 Å². The molecule has 2 heterocycles. The van der Waals surface area contributed by atoms with Crippen LogP contribution in [-0.2, 0) is 17.6 Å². The van der Waals surface area contributed by atoms with E-state index in [1.807, 2.05) is 32.4 Å². The number of nitriles is 1. The van der Waals surface area contributed by atoms with Gasteiger partial charge in [-0.2, -0.15) is 5.26 Å². The molecular formula is C22H25N5OS3. The van der Waals surface area contributed by atoms with Crippen LogP contribution < -0.4 is 5.32 Å². The quantitative estimate of drug-likeness (QED) is 0.438. The SMILES string of the molecule is CCC(Sc1nnc(CSc2ccc(C)cc2)n1C)C(=O)Nc1sc(C)c(C)c1C#N. The van der Waals surface area contributed by atoms with Gasteiger partial charge in [0.1, 0.15) is 16.9 Å². The van der Waals surface area contributed by atoms with Gasteiger partial charge in [0.25, 0.3) is 0 Å². The molecule has 6 nitrogen and oxygen atoms in total. The molecule has 162 valence electrons. The van der Waals surface area contributed by atoms with Gasteiger partial charge in [0.2, 0.25) is 5.91 Å². The van der Waals surface area contributed by atoms with Crippen LogP contribution in [0.15, 0.2) is 34.3 Å². The van der Waals surface area contributed by atoms with Gasteiger partial charge in [-0.1, -0.05) is 36.4 Å². The number of rotatable bonds is 8. The van der Waals surface area contributed by atoms with Crippen LogP contribution in [0.3, 0.4) is 0 Å². The minimum atomic E-state index is -0.324. The third-order valence-corrected chi connectivity index (χ3v) is 8.49. The van der Waals surface area contributed by atoms with E-state index in [2.05, 4.69) is 52.8 Å². The molecule has 1 atom stereocenters. The summed E-state index contributed by atoms with van der Waals surface area (Å²) in [7, 11) is 1.93. The molecule has 2 aromatic heterocycles. The van der Waals surface area contributed by atoms with Gasteiger partial charge < -0.3 is 9.88 Å². The summed E-state index contributed by atoms with van der Waals surface area (Å²) in [5, 5.41) is 22.0. The fourth-order valence-corrected chi connectivity index (χ4v) is 5.68. The van der Waals surface area contributed by atoms with E-state index in [9.17, 15) is 10.1 Å². The molecule has 0 aliphatic rings. The highest BCUT2D eigenvalue weighted by molar-refractivity contribution is 8.00. The number of nitrogens with one attached hydrogen (secondary N) is 1. The molecular weight excluding hydrogens is 446 g/mol. The lowest BCUT2D eigenvalue weighted by Gasteiger charge is -2.13. The van der Waals surface area contributed by atoms with Crippen molar-refractivity contribution in [2.24, 2.45) is 7.05 Å². The van der Waals surface area contributed by atoms with E-state index in [4.69, 9.17) is 0 Å². The molecule has 1 unspecified atom stereocenters. The van der Waals surface area contributed by atoms with Crippen LogP contribution in [0, 0.1) is 32.1 Å². The first kappa shape index (κ1) is 23.4. The second-order valence-electron chi connectivity index (χ2n) is 7.16. The Kier molecular flexibility index (Phi) is 7.81. The van der Waals surface area contributed by atoms with E-state index in [1.54, 1.807) is 11.8 Å². The Morgan fingerprint density at radius 1 is 1.26 bits per heavy atom. The standard InChI is InChI=1S/C22H25N5OS3/c1-6-18(20(28)24-21-17(11-23)14(3)15(4)30-21)31-22-26-25-19(27(22)5)12-29-16-9-7-13(2)8-10-16/h7-10,18H,6,12H2,1-5H3,(H,24,28). The van der Waals surface area contributed by atoms with E-state index in [1.165, 1.54) is 33.6 Å². The molecule has 0 fully saturated rings. The molecule has 1 aromatic carbocycles. The van der Waals surface area contributed by atoms with Crippen LogP contribution in [0.5, 0.6) is 0 Å². The van der Waals surface area contributed by atoms with Crippen molar-refractivity contribution in [3.63, 3.8) is 0 Å². The Bertz CT molecular complexity index is 1110. The minimum absolute atomic E-state index is 0.121. The number of thioether (sulfide) groups is 2. The number of carbonyl (C=O) groups excluding carboxylic acids is 1. The number of nitrogens with zero attached hydrogens (tertiary/aromatic N) is 4. The van der Waals surface area contributed by atoms with Crippen molar-refractivity contribution < 1.29 is 4.79 Å². The predicted octanol–water partition coefficient (Wildman–Crippen LogP) is 5.48. The van der Waals surface area contributed by atoms with Gasteiger partial charge in [0, 0.05) is 16.8 Å². The summed E-state index contributed by atoms with van der Waals surface area (Å²) in [6, 6.07) is 10.6. The third kappa shape index (κ3) is 5.50. The Morgan fingerprint density at radius 2 is 1.97 bits per heavy atom. The van der Waals surface area contributed by atoms with E-state index in [0.717, 1.165) is 16.3 Å². The molecule has 1 N–H and O–H groups in total. The van der Waals surface area contributed by atoms with Crippen molar-refractivity contribution >= 4 is 45.8 Å². The Hall–Kier alpha value is -2.28. The summed E-state index contributed by atoms with van der Waals surface area (Å²) < 4.78 is 1.95. The van der Waals surface area contributed by atoms with Gasteiger partial charge >= 0.3 is 0 Å². The van der Waals surface area contributed by atoms with Crippen molar-refractivity contribution in [2.75, 3.05) is 5.32 Å². The first-order valence-electron chi connectivity index (χ1n) is 9.89. The maximum absolute atomic E-state index is 12.9. The highest BCUT2D eigenvalue weighted by atomic mass is 32.2. The van der Waals surface area contributed by atoms with E-state index in [-0.39, 0.29) is 11.2 Å². The van der Waals surface area contributed by atoms with Crippen LogP contribution in [0.1, 0.15) is 40.7 Å². The lowest BCUT2D eigenvalue weighted by molar-refractivity contribution is -0.115. The van der Waals surface area contributed by atoms with Gasteiger partial charge in [0.05, 0.1) is 16.6 Å².